The molecule has 0 bridgehead atoms. The van der Waals surface area contributed by atoms with Crippen LogP contribution in [0.25, 0.3) is 0 Å². The number of para-hydroxylation sites is 1. The van der Waals surface area contributed by atoms with Crippen LogP contribution in [0.4, 0.5) is 17.2 Å². The molecule has 2 aromatic rings. The first-order valence-corrected chi connectivity index (χ1v) is 9.79. The molecule has 7 nitrogen and oxygen atoms in total. The molecular formula is C22H28N4O3. The van der Waals surface area contributed by atoms with Gasteiger partial charge in [0.15, 0.2) is 5.69 Å². The molecule has 1 heterocycles. The summed E-state index contributed by atoms with van der Waals surface area (Å²) < 4.78 is 10.1. The summed E-state index contributed by atoms with van der Waals surface area (Å²) in [5.41, 5.74) is 3.10. The summed E-state index contributed by atoms with van der Waals surface area (Å²) in [6.45, 7) is 1.15. The smallest absolute Gasteiger partial charge is 0.356 e. The fraction of sp³-hybridized carbons (Fsp3) is 0.409. The molecule has 0 saturated heterocycles. The van der Waals surface area contributed by atoms with Crippen molar-refractivity contribution < 1.29 is 14.3 Å². The lowest BCUT2D eigenvalue weighted by atomic mass is 9.79. The number of esters is 1. The van der Waals surface area contributed by atoms with Crippen LogP contribution in [0.5, 0.6) is 0 Å². The molecule has 0 atom stereocenters. The minimum absolute atomic E-state index is 0.204. The second-order valence-corrected chi connectivity index (χ2v) is 7.19. The molecule has 1 aromatic carbocycles. The Morgan fingerprint density at radius 1 is 1.28 bits per heavy atom. The number of nitrogens with one attached hydrogen (secondary N) is 2. The third-order valence-corrected chi connectivity index (χ3v) is 5.25. The standard InChI is InChI=1S/C22H28N4O3/c1-26(12-13-28-2)18-14-17(22(27)29-3)25-21(24-16-10-5-4-6-11-16)19(18)20(23)15-8-7-9-15/h4-6,10-11,14-15,23H,7-9,12-13H2,1-3H3,(H,24,25). The molecule has 2 N–H and O–H groups in total. The maximum Gasteiger partial charge on any atom is 0.356 e. The molecule has 1 saturated carbocycles. The predicted molar refractivity (Wildman–Crippen MR) is 115 cm³/mol. The fourth-order valence-corrected chi connectivity index (χ4v) is 3.31. The van der Waals surface area contributed by atoms with E-state index < -0.39 is 5.97 Å². The molecule has 0 unspecified atom stereocenters. The summed E-state index contributed by atoms with van der Waals surface area (Å²) in [5, 5.41) is 12.2. The van der Waals surface area contributed by atoms with Crippen molar-refractivity contribution >= 4 is 28.9 Å². The van der Waals surface area contributed by atoms with Gasteiger partial charge in [0, 0.05) is 38.0 Å². The van der Waals surface area contributed by atoms with E-state index in [0.717, 1.165) is 36.2 Å². The third-order valence-electron chi connectivity index (χ3n) is 5.25. The molecule has 1 aliphatic carbocycles. The molecule has 1 aromatic heterocycles. The van der Waals surface area contributed by atoms with E-state index in [0.29, 0.717) is 24.7 Å². The first-order valence-electron chi connectivity index (χ1n) is 9.79. The lowest BCUT2D eigenvalue weighted by molar-refractivity contribution is 0.0594. The van der Waals surface area contributed by atoms with E-state index in [4.69, 9.17) is 14.9 Å². The summed E-state index contributed by atoms with van der Waals surface area (Å²) >= 11 is 0. The first-order chi connectivity index (χ1) is 14.0. The van der Waals surface area contributed by atoms with Crippen molar-refractivity contribution in [3.05, 3.63) is 47.7 Å². The van der Waals surface area contributed by atoms with Gasteiger partial charge in [-0.2, -0.15) is 0 Å². The Morgan fingerprint density at radius 2 is 2.00 bits per heavy atom. The van der Waals surface area contributed by atoms with Crippen LogP contribution >= 0.6 is 0 Å². The van der Waals surface area contributed by atoms with Gasteiger partial charge in [0.25, 0.3) is 0 Å². The second-order valence-electron chi connectivity index (χ2n) is 7.19. The van der Waals surface area contributed by atoms with Crippen LogP contribution in [0.2, 0.25) is 0 Å². The molecule has 1 fully saturated rings. The van der Waals surface area contributed by atoms with Crippen LogP contribution < -0.4 is 10.2 Å². The zero-order valence-electron chi connectivity index (χ0n) is 17.2. The van der Waals surface area contributed by atoms with E-state index in [1.54, 1.807) is 13.2 Å². The average molecular weight is 396 g/mol. The summed E-state index contributed by atoms with van der Waals surface area (Å²) in [6.07, 6.45) is 3.14. The zero-order chi connectivity index (χ0) is 20.8. The highest BCUT2D eigenvalue weighted by atomic mass is 16.5. The molecule has 154 valence electrons. The number of carbonyl (C=O) groups excluding carboxylic acids is 1. The highest BCUT2D eigenvalue weighted by molar-refractivity contribution is 6.10. The van der Waals surface area contributed by atoms with Crippen LogP contribution in [-0.4, -0.2) is 51.1 Å². The van der Waals surface area contributed by atoms with Crippen molar-refractivity contribution in [1.82, 2.24) is 4.98 Å². The van der Waals surface area contributed by atoms with Crippen molar-refractivity contribution in [1.29, 1.82) is 5.41 Å². The van der Waals surface area contributed by atoms with Crippen LogP contribution in [0.1, 0.15) is 35.3 Å². The van der Waals surface area contributed by atoms with E-state index >= 15 is 0 Å². The molecule has 0 radical (unpaired) electrons. The van der Waals surface area contributed by atoms with Crippen molar-refractivity contribution in [2.45, 2.75) is 19.3 Å². The summed E-state index contributed by atoms with van der Waals surface area (Å²) in [5.74, 6) is 0.200. The molecule has 0 spiro atoms. The number of rotatable bonds is 9. The quantitative estimate of drug-likeness (QED) is 0.494. The first kappa shape index (κ1) is 20.8. The Labute approximate surface area is 171 Å². The molecule has 0 amide bonds. The number of carbonyl (C=O) groups is 1. The molecule has 7 heteroatoms. The second kappa shape index (κ2) is 9.52. The molecular weight excluding hydrogens is 368 g/mol. The molecule has 3 rings (SSSR count). The Kier molecular flexibility index (Phi) is 6.82. The predicted octanol–water partition coefficient (Wildman–Crippen LogP) is 3.86. The van der Waals surface area contributed by atoms with Crippen LogP contribution in [0, 0.1) is 11.3 Å². The monoisotopic (exact) mass is 396 g/mol. The Morgan fingerprint density at radius 3 is 2.59 bits per heavy atom. The fourth-order valence-electron chi connectivity index (χ4n) is 3.31. The zero-order valence-corrected chi connectivity index (χ0v) is 17.2. The number of benzene rings is 1. The lowest BCUT2D eigenvalue weighted by Crippen LogP contribution is -2.29. The van der Waals surface area contributed by atoms with Gasteiger partial charge in [-0.05, 0) is 31.0 Å². The number of ether oxygens (including phenoxy) is 2. The van der Waals surface area contributed by atoms with Gasteiger partial charge in [-0.3, -0.25) is 0 Å². The van der Waals surface area contributed by atoms with Gasteiger partial charge in [-0.15, -0.1) is 0 Å². The number of nitrogens with zero attached hydrogens (tertiary/aromatic N) is 2. The van der Waals surface area contributed by atoms with E-state index in [9.17, 15) is 4.79 Å². The number of pyridine rings is 1. The normalized spacial score (nSPS) is 13.5. The molecule has 0 aliphatic heterocycles. The van der Waals surface area contributed by atoms with Crippen LogP contribution in [0.3, 0.4) is 0 Å². The number of aromatic nitrogens is 1. The van der Waals surface area contributed by atoms with Gasteiger partial charge in [0.1, 0.15) is 5.82 Å². The number of methoxy groups -OCH3 is 2. The SMILES string of the molecule is COCCN(C)c1cc(C(=O)OC)nc(Nc2ccccc2)c1C(=N)C1CCC1. The number of hydrogen-bond donors (Lipinski definition) is 2. The number of anilines is 3. The van der Waals surface area contributed by atoms with Crippen LogP contribution in [0.15, 0.2) is 36.4 Å². The van der Waals surface area contributed by atoms with Crippen molar-refractivity contribution in [2.24, 2.45) is 5.92 Å². The van der Waals surface area contributed by atoms with Gasteiger partial charge < -0.3 is 25.1 Å². The van der Waals surface area contributed by atoms with Crippen LogP contribution in [-0.2, 0) is 9.47 Å². The molecule has 1 aliphatic rings. The van der Waals surface area contributed by atoms with Gasteiger partial charge in [-0.25, -0.2) is 9.78 Å². The van der Waals surface area contributed by atoms with E-state index in [-0.39, 0.29) is 11.6 Å². The number of likely N-dealkylation sites (N-methyl/N-ethyl adjacent to an activating group) is 1. The van der Waals surface area contributed by atoms with E-state index in [2.05, 4.69) is 10.3 Å². The third kappa shape index (κ3) is 4.74. The summed E-state index contributed by atoms with van der Waals surface area (Å²) in [7, 11) is 4.92. The van der Waals surface area contributed by atoms with Crippen molar-refractivity contribution in [3.8, 4) is 0 Å². The van der Waals surface area contributed by atoms with Crippen molar-refractivity contribution in [2.75, 3.05) is 44.6 Å². The largest absolute Gasteiger partial charge is 0.464 e. The Balaban J connectivity index is 2.12. The van der Waals surface area contributed by atoms with Gasteiger partial charge in [-0.1, -0.05) is 24.6 Å². The lowest BCUT2D eigenvalue weighted by Gasteiger charge is -2.31. The van der Waals surface area contributed by atoms with E-state index in [1.165, 1.54) is 7.11 Å². The highest BCUT2D eigenvalue weighted by Crippen LogP contribution is 2.37. The average Bonchev–Trinajstić information content (AvgIpc) is 2.70. The van der Waals surface area contributed by atoms with Gasteiger partial charge in [0.2, 0.25) is 0 Å². The number of hydrogen-bond acceptors (Lipinski definition) is 7. The minimum Gasteiger partial charge on any atom is -0.464 e. The van der Waals surface area contributed by atoms with Crippen molar-refractivity contribution in [3.63, 3.8) is 0 Å². The maximum absolute atomic E-state index is 12.3. The molecule has 29 heavy (non-hydrogen) atoms. The van der Waals surface area contributed by atoms with Gasteiger partial charge in [0.05, 0.1) is 25.0 Å². The van der Waals surface area contributed by atoms with Gasteiger partial charge >= 0.3 is 5.97 Å². The highest BCUT2D eigenvalue weighted by Gasteiger charge is 2.29. The minimum atomic E-state index is -0.510. The Hall–Kier alpha value is -2.93. The summed E-state index contributed by atoms with van der Waals surface area (Å²) in [6, 6.07) is 11.4. The Bertz CT molecular complexity index is 866. The van der Waals surface area contributed by atoms with E-state index in [1.807, 2.05) is 42.3 Å². The summed E-state index contributed by atoms with van der Waals surface area (Å²) in [4.78, 5) is 18.8. The topological polar surface area (TPSA) is 87.5 Å². The maximum atomic E-state index is 12.3.